The van der Waals surface area contributed by atoms with Crippen molar-refractivity contribution in [2.75, 3.05) is 0 Å². The van der Waals surface area contributed by atoms with Crippen molar-refractivity contribution < 1.29 is 18.0 Å². The number of carbonyl (C=O) groups is 1. The van der Waals surface area contributed by atoms with Crippen molar-refractivity contribution in [2.45, 2.75) is 25.4 Å². The van der Waals surface area contributed by atoms with E-state index < -0.39 is 11.7 Å². The molecular formula is C13H11F3O. The van der Waals surface area contributed by atoms with Crippen LogP contribution >= 0.6 is 0 Å². The van der Waals surface area contributed by atoms with Gasteiger partial charge in [0, 0.05) is 18.4 Å². The van der Waals surface area contributed by atoms with Crippen molar-refractivity contribution in [3.63, 3.8) is 0 Å². The summed E-state index contributed by atoms with van der Waals surface area (Å²) in [7, 11) is 0. The van der Waals surface area contributed by atoms with Crippen LogP contribution in [0.3, 0.4) is 0 Å². The second-order valence-corrected chi connectivity index (χ2v) is 3.56. The Bertz CT molecular complexity index is 441. The van der Waals surface area contributed by atoms with Gasteiger partial charge in [0.25, 0.3) is 0 Å². The van der Waals surface area contributed by atoms with E-state index in [1.165, 1.54) is 12.1 Å². The maximum absolute atomic E-state index is 12.4. The molecule has 0 heterocycles. The number of unbranched alkanes of at least 4 members (excludes halogenated alkanes) is 1. The maximum Gasteiger partial charge on any atom is 0.416 e. The van der Waals surface area contributed by atoms with Crippen LogP contribution in [0.4, 0.5) is 13.2 Å². The molecule has 90 valence electrons. The van der Waals surface area contributed by atoms with Crippen LogP contribution in [0.15, 0.2) is 24.3 Å². The Kier molecular flexibility index (Phi) is 4.33. The van der Waals surface area contributed by atoms with E-state index in [1.54, 1.807) is 0 Å². The average Bonchev–Trinajstić information content (AvgIpc) is 2.28. The van der Waals surface area contributed by atoms with Crippen molar-refractivity contribution in [3.8, 4) is 12.3 Å². The number of carbonyl (C=O) groups excluding carboxylic acids is 1. The second kappa shape index (κ2) is 5.53. The quantitative estimate of drug-likeness (QED) is 0.445. The molecule has 17 heavy (non-hydrogen) atoms. The molecule has 0 aliphatic rings. The van der Waals surface area contributed by atoms with Gasteiger partial charge >= 0.3 is 6.18 Å². The summed E-state index contributed by atoms with van der Waals surface area (Å²) in [6.07, 6.45) is 1.72. The molecule has 0 saturated heterocycles. The molecule has 1 aromatic carbocycles. The first-order valence-electron chi connectivity index (χ1n) is 5.09. The standard InChI is InChI=1S/C13H11F3O/c1-2-3-4-8-12(17)10-6-5-7-11(9-10)13(14,15)16/h1,5-7,9H,3-4,8H2. The van der Waals surface area contributed by atoms with Crippen LogP contribution < -0.4 is 0 Å². The lowest BCUT2D eigenvalue weighted by atomic mass is 10.0. The Morgan fingerprint density at radius 2 is 2.06 bits per heavy atom. The third-order valence-electron chi connectivity index (χ3n) is 2.24. The first kappa shape index (κ1) is 13.3. The molecule has 0 aliphatic heterocycles. The highest BCUT2D eigenvalue weighted by Crippen LogP contribution is 2.29. The van der Waals surface area contributed by atoms with Crippen LogP contribution in [-0.2, 0) is 6.18 Å². The fourth-order valence-electron chi connectivity index (χ4n) is 1.36. The lowest BCUT2D eigenvalue weighted by Gasteiger charge is -2.07. The maximum atomic E-state index is 12.4. The summed E-state index contributed by atoms with van der Waals surface area (Å²) in [6, 6.07) is 4.43. The van der Waals surface area contributed by atoms with Gasteiger partial charge in [-0.15, -0.1) is 12.3 Å². The molecule has 0 radical (unpaired) electrons. The number of halogens is 3. The monoisotopic (exact) mass is 240 g/mol. The number of rotatable bonds is 4. The Labute approximate surface area is 97.6 Å². The number of hydrogen-bond acceptors (Lipinski definition) is 1. The SMILES string of the molecule is C#CCCCC(=O)c1cccc(C(F)(F)F)c1. The molecule has 0 unspecified atom stereocenters. The molecule has 0 amide bonds. The summed E-state index contributed by atoms with van der Waals surface area (Å²) in [5, 5.41) is 0. The zero-order valence-corrected chi connectivity index (χ0v) is 9.05. The molecule has 0 fully saturated rings. The van der Waals surface area contributed by atoms with Gasteiger partial charge in [-0.2, -0.15) is 13.2 Å². The van der Waals surface area contributed by atoms with E-state index in [1.807, 2.05) is 0 Å². The third-order valence-corrected chi connectivity index (χ3v) is 2.24. The summed E-state index contributed by atoms with van der Waals surface area (Å²) in [6.45, 7) is 0. The summed E-state index contributed by atoms with van der Waals surface area (Å²) in [4.78, 5) is 11.6. The predicted octanol–water partition coefficient (Wildman–Crippen LogP) is 3.69. The van der Waals surface area contributed by atoms with Crippen molar-refractivity contribution in [1.29, 1.82) is 0 Å². The predicted molar refractivity (Wildman–Crippen MR) is 58.5 cm³/mol. The lowest BCUT2D eigenvalue weighted by Crippen LogP contribution is -2.07. The van der Waals surface area contributed by atoms with Crippen molar-refractivity contribution in [1.82, 2.24) is 0 Å². The first-order chi connectivity index (χ1) is 7.95. The zero-order valence-electron chi connectivity index (χ0n) is 9.05. The average molecular weight is 240 g/mol. The number of Topliss-reactive ketones (excluding diaryl/α,β-unsaturated/α-hetero) is 1. The Morgan fingerprint density at radius 1 is 1.35 bits per heavy atom. The molecule has 1 aromatic rings. The van der Waals surface area contributed by atoms with Gasteiger partial charge in [-0.05, 0) is 18.6 Å². The summed E-state index contributed by atoms with van der Waals surface area (Å²) >= 11 is 0. The highest BCUT2D eigenvalue weighted by atomic mass is 19.4. The van der Waals surface area contributed by atoms with Crippen LogP contribution in [0, 0.1) is 12.3 Å². The van der Waals surface area contributed by atoms with E-state index in [2.05, 4.69) is 5.92 Å². The van der Waals surface area contributed by atoms with Gasteiger partial charge in [-0.3, -0.25) is 4.79 Å². The minimum Gasteiger partial charge on any atom is -0.294 e. The summed E-state index contributed by atoms with van der Waals surface area (Å²) in [5.41, 5.74) is -0.725. The van der Waals surface area contributed by atoms with Gasteiger partial charge in [0.1, 0.15) is 0 Å². The van der Waals surface area contributed by atoms with Crippen molar-refractivity contribution in [2.24, 2.45) is 0 Å². The molecule has 0 aliphatic carbocycles. The summed E-state index contributed by atoms with van der Waals surface area (Å²) in [5.74, 6) is 2.06. The van der Waals surface area contributed by atoms with Crippen LogP contribution in [0.25, 0.3) is 0 Å². The molecule has 0 bridgehead atoms. The second-order valence-electron chi connectivity index (χ2n) is 3.56. The Hall–Kier alpha value is -1.76. The van der Waals surface area contributed by atoms with E-state index in [-0.39, 0.29) is 17.8 Å². The molecular weight excluding hydrogens is 229 g/mol. The topological polar surface area (TPSA) is 17.1 Å². The Morgan fingerprint density at radius 3 is 2.65 bits per heavy atom. The van der Waals surface area contributed by atoms with Gasteiger partial charge in [0.05, 0.1) is 5.56 Å². The molecule has 0 atom stereocenters. The minimum absolute atomic E-state index is 0.0804. The fraction of sp³-hybridized carbons (Fsp3) is 0.308. The molecule has 1 rings (SSSR count). The highest BCUT2D eigenvalue weighted by molar-refractivity contribution is 5.96. The van der Waals surface area contributed by atoms with E-state index >= 15 is 0 Å². The molecule has 0 aromatic heterocycles. The Balaban J connectivity index is 2.79. The molecule has 0 saturated carbocycles. The van der Waals surface area contributed by atoms with Crippen LogP contribution in [0.2, 0.25) is 0 Å². The largest absolute Gasteiger partial charge is 0.416 e. The molecule has 0 spiro atoms. The number of alkyl halides is 3. The molecule has 4 heteroatoms. The van der Waals surface area contributed by atoms with Gasteiger partial charge in [-0.1, -0.05) is 12.1 Å². The van der Waals surface area contributed by atoms with Crippen LogP contribution in [-0.4, -0.2) is 5.78 Å². The number of terminal acetylenes is 1. The minimum atomic E-state index is -4.42. The van der Waals surface area contributed by atoms with E-state index in [4.69, 9.17) is 6.42 Å². The van der Waals surface area contributed by atoms with Gasteiger partial charge in [0.2, 0.25) is 0 Å². The smallest absolute Gasteiger partial charge is 0.294 e. The lowest BCUT2D eigenvalue weighted by molar-refractivity contribution is -0.137. The normalized spacial score (nSPS) is 10.9. The van der Waals surface area contributed by atoms with E-state index in [9.17, 15) is 18.0 Å². The van der Waals surface area contributed by atoms with Crippen molar-refractivity contribution in [3.05, 3.63) is 35.4 Å². The first-order valence-corrected chi connectivity index (χ1v) is 5.09. The van der Waals surface area contributed by atoms with Crippen molar-refractivity contribution >= 4 is 5.78 Å². The van der Waals surface area contributed by atoms with Crippen LogP contribution in [0.1, 0.15) is 35.2 Å². The number of ketones is 1. The summed E-state index contributed by atoms with van der Waals surface area (Å²) < 4.78 is 37.2. The molecule has 0 N–H and O–H groups in total. The van der Waals surface area contributed by atoms with Crippen LogP contribution in [0.5, 0.6) is 0 Å². The fourth-order valence-corrected chi connectivity index (χ4v) is 1.36. The molecule has 1 nitrogen and oxygen atoms in total. The van der Waals surface area contributed by atoms with E-state index in [0.29, 0.717) is 12.8 Å². The third kappa shape index (κ3) is 3.95. The van der Waals surface area contributed by atoms with Gasteiger partial charge in [-0.25, -0.2) is 0 Å². The number of hydrogen-bond donors (Lipinski definition) is 0. The van der Waals surface area contributed by atoms with Gasteiger partial charge in [0.15, 0.2) is 5.78 Å². The number of benzene rings is 1. The van der Waals surface area contributed by atoms with E-state index in [0.717, 1.165) is 12.1 Å². The van der Waals surface area contributed by atoms with Gasteiger partial charge < -0.3 is 0 Å². The highest BCUT2D eigenvalue weighted by Gasteiger charge is 2.30. The zero-order chi connectivity index (χ0) is 12.9.